The summed E-state index contributed by atoms with van der Waals surface area (Å²) in [7, 11) is 0. The second kappa shape index (κ2) is 8.25. The average Bonchev–Trinajstić information content (AvgIpc) is 3.27. The van der Waals surface area contributed by atoms with Crippen LogP contribution in [0.25, 0.3) is 5.69 Å². The fourth-order valence-corrected chi connectivity index (χ4v) is 3.54. The van der Waals surface area contributed by atoms with E-state index in [2.05, 4.69) is 5.10 Å². The predicted molar refractivity (Wildman–Crippen MR) is 104 cm³/mol. The van der Waals surface area contributed by atoms with Gasteiger partial charge >= 0.3 is 0 Å². The highest BCUT2D eigenvalue weighted by molar-refractivity contribution is 5.94. The van der Waals surface area contributed by atoms with Crippen molar-refractivity contribution < 1.29 is 13.9 Å². The Morgan fingerprint density at radius 1 is 1.18 bits per heavy atom. The minimum atomic E-state index is -0.310. The van der Waals surface area contributed by atoms with E-state index >= 15 is 0 Å². The molecule has 0 spiro atoms. The van der Waals surface area contributed by atoms with Gasteiger partial charge in [0.05, 0.1) is 12.3 Å². The number of carbonyl (C=O) groups is 1. The molecule has 5 nitrogen and oxygen atoms in total. The topological polar surface area (TPSA) is 47.4 Å². The third-order valence-electron chi connectivity index (χ3n) is 4.95. The van der Waals surface area contributed by atoms with Gasteiger partial charge in [-0.15, -0.1) is 0 Å². The number of rotatable bonds is 5. The van der Waals surface area contributed by atoms with Crippen molar-refractivity contribution in [1.29, 1.82) is 0 Å². The number of hydrogen-bond acceptors (Lipinski definition) is 3. The fourth-order valence-electron chi connectivity index (χ4n) is 3.54. The Morgan fingerprint density at radius 3 is 2.89 bits per heavy atom. The maximum atomic E-state index is 13.3. The molecule has 0 saturated carbocycles. The zero-order valence-corrected chi connectivity index (χ0v) is 15.5. The van der Waals surface area contributed by atoms with Crippen molar-refractivity contribution in [3.63, 3.8) is 0 Å². The third kappa shape index (κ3) is 4.22. The normalized spacial score (nSPS) is 16.8. The summed E-state index contributed by atoms with van der Waals surface area (Å²) < 4.78 is 20.8. The standard InChI is InChI=1S/C22H22FN3O2/c23-19-7-2-9-21(14-19)28-16-17-5-3-11-25(15-17)22(27)18-6-1-8-20(13-18)26-12-4-10-24-26/h1-2,4,6-10,12-14,17H,3,5,11,15-16H2. The van der Waals surface area contributed by atoms with E-state index < -0.39 is 0 Å². The van der Waals surface area contributed by atoms with Gasteiger partial charge in [0.1, 0.15) is 11.6 Å². The van der Waals surface area contributed by atoms with Gasteiger partial charge in [0.2, 0.25) is 0 Å². The van der Waals surface area contributed by atoms with Gasteiger partial charge in [-0.05, 0) is 49.2 Å². The SMILES string of the molecule is O=C(c1cccc(-n2cccn2)c1)N1CCCC(COc2cccc(F)c2)C1. The van der Waals surface area contributed by atoms with Crippen LogP contribution >= 0.6 is 0 Å². The van der Waals surface area contributed by atoms with Crippen LogP contribution in [0.4, 0.5) is 4.39 Å². The van der Waals surface area contributed by atoms with Crippen molar-refractivity contribution in [3.05, 3.63) is 78.4 Å². The summed E-state index contributed by atoms with van der Waals surface area (Å²) in [4.78, 5) is 14.9. The number of ether oxygens (including phenoxy) is 1. The fraction of sp³-hybridized carbons (Fsp3) is 0.273. The molecule has 0 aliphatic carbocycles. The second-order valence-electron chi connectivity index (χ2n) is 7.03. The Kier molecular flexibility index (Phi) is 5.37. The summed E-state index contributed by atoms with van der Waals surface area (Å²) in [5.74, 6) is 0.463. The van der Waals surface area contributed by atoms with Gasteiger partial charge in [0, 0.05) is 43.0 Å². The van der Waals surface area contributed by atoms with Gasteiger partial charge in [-0.3, -0.25) is 4.79 Å². The lowest BCUT2D eigenvalue weighted by atomic mass is 9.98. The van der Waals surface area contributed by atoms with Crippen LogP contribution in [0.2, 0.25) is 0 Å². The summed E-state index contributed by atoms with van der Waals surface area (Å²) in [5, 5.41) is 4.22. The van der Waals surface area contributed by atoms with E-state index in [9.17, 15) is 9.18 Å². The quantitative estimate of drug-likeness (QED) is 0.675. The van der Waals surface area contributed by atoms with Crippen molar-refractivity contribution >= 4 is 5.91 Å². The molecule has 1 saturated heterocycles. The Bertz CT molecular complexity index is 942. The molecule has 0 N–H and O–H groups in total. The highest BCUT2D eigenvalue weighted by Crippen LogP contribution is 2.21. The Hall–Kier alpha value is -3.15. The highest BCUT2D eigenvalue weighted by atomic mass is 19.1. The van der Waals surface area contributed by atoms with Gasteiger partial charge in [-0.1, -0.05) is 12.1 Å². The van der Waals surface area contributed by atoms with Crippen molar-refractivity contribution in [3.8, 4) is 11.4 Å². The number of carbonyl (C=O) groups excluding carboxylic acids is 1. The third-order valence-corrected chi connectivity index (χ3v) is 4.95. The highest BCUT2D eigenvalue weighted by Gasteiger charge is 2.25. The van der Waals surface area contributed by atoms with Crippen molar-refractivity contribution in [1.82, 2.24) is 14.7 Å². The summed E-state index contributed by atoms with van der Waals surface area (Å²) in [5.41, 5.74) is 1.51. The zero-order chi connectivity index (χ0) is 19.3. The van der Waals surface area contributed by atoms with E-state index in [1.54, 1.807) is 23.0 Å². The van der Waals surface area contributed by atoms with Gasteiger partial charge in [0.25, 0.3) is 5.91 Å². The molecule has 2 aromatic carbocycles. The smallest absolute Gasteiger partial charge is 0.253 e. The number of aromatic nitrogens is 2. The first-order chi connectivity index (χ1) is 13.7. The molecule has 1 amide bonds. The van der Waals surface area contributed by atoms with Crippen LogP contribution in [-0.2, 0) is 0 Å². The second-order valence-corrected chi connectivity index (χ2v) is 7.03. The molecule has 1 aliphatic heterocycles. The lowest BCUT2D eigenvalue weighted by Crippen LogP contribution is -2.41. The lowest BCUT2D eigenvalue weighted by molar-refractivity contribution is 0.0633. The minimum absolute atomic E-state index is 0.0180. The molecular formula is C22H22FN3O2. The molecule has 28 heavy (non-hydrogen) atoms. The molecule has 1 atom stereocenters. The number of hydrogen-bond donors (Lipinski definition) is 0. The number of benzene rings is 2. The first-order valence-electron chi connectivity index (χ1n) is 9.47. The number of halogens is 1. The maximum absolute atomic E-state index is 13.3. The van der Waals surface area contributed by atoms with Crippen LogP contribution in [0.5, 0.6) is 5.75 Å². The van der Waals surface area contributed by atoms with E-state index in [0.717, 1.165) is 25.1 Å². The molecule has 6 heteroatoms. The zero-order valence-electron chi connectivity index (χ0n) is 15.5. The maximum Gasteiger partial charge on any atom is 0.253 e. The Morgan fingerprint density at radius 2 is 2.07 bits per heavy atom. The largest absolute Gasteiger partial charge is 0.493 e. The molecule has 1 unspecified atom stereocenters. The van der Waals surface area contributed by atoms with Crippen LogP contribution in [0.3, 0.4) is 0 Å². The van der Waals surface area contributed by atoms with E-state index in [1.165, 1.54) is 12.1 Å². The van der Waals surface area contributed by atoms with Gasteiger partial charge in [-0.2, -0.15) is 5.10 Å². The summed E-state index contributed by atoms with van der Waals surface area (Å²) in [6.07, 6.45) is 5.49. The van der Waals surface area contributed by atoms with Crippen LogP contribution < -0.4 is 4.74 Å². The predicted octanol–water partition coefficient (Wildman–Crippen LogP) is 3.94. The molecule has 0 bridgehead atoms. The molecular weight excluding hydrogens is 357 g/mol. The molecule has 144 valence electrons. The van der Waals surface area contributed by atoms with Crippen molar-refractivity contribution in [2.75, 3.05) is 19.7 Å². The average molecular weight is 379 g/mol. The molecule has 4 rings (SSSR count). The summed E-state index contributed by atoms with van der Waals surface area (Å²) >= 11 is 0. The first kappa shape index (κ1) is 18.2. The molecule has 2 heterocycles. The van der Waals surface area contributed by atoms with Gasteiger partial charge in [0.15, 0.2) is 0 Å². The molecule has 1 aromatic heterocycles. The van der Waals surface area contributed by atoms with Gasteiger partial charge in [-0.25, -0.2) is 9.07 Å². The number of amides is 1. The summed E-state index contributed by atoms with van der Waals surface area (Å²) in [6.45, 7) is 1.85. The number of likely N-dealkylation sites (tertiary alicyclic amines) is 1. The van der Waals surface area contributed by atoms with Crippen LogP contribution in [-0.4, -0.2) is 40.3 Å². The lowest BCUT2D eigenvalue weighted by Gasteiger charge is -2.32. The van der Waals surface area contributed by atoms with Crippen LogP contribution in [0.1, 0.15) is 23.2 Å². The Balaban J connectivity index is 1.40. The van der Waals surface area contributed by atoms with Crippen LogP contribution in [0.15, 0.2) is 67.0 Å². The van der Waals surface area contributed by atoms with E-state index in [4.69, 9.17) is 4.74 Å². The van der Waals surface area contributed by atoms with Crippen LogP contribution in [0, 0.1) is 11.7 Å². The number of nitrogens with zero attached hydrogens (tertiary/aromatic N) is 3. The van der Waals surface area contributed by atoms with E-state index in [-0.39, 0.29) is 17.6 Å². The first-order valence-corrected chi connectivity index (χ1v) is 9.47. The molecule has 1 fully saturated rings. The minimum Gasteiger partial charge on any atom is -0.493 e. The van der Waals surface area contributed by atoms with Crippen molar-refractivity contribution in [2.45, 2.75) is 12.8 Å². The monoisotopic (exact) mass is 379 g/mol. The van der Waals surface area contributed by atoms with E-state index in [0.29, 0.717) is 24.5 Å². The summed E-state index contributed by atoms with van der Waals surface area (Å²) in [6, 6.07) is 15.5. The number of piperidine rings is 1. The molecule has 3 aromatic rings. The Labute approximate surface area is 163 Å². The van der Waals surface area contributed by atoms with Crippen molar-refractivity contribution in [2.24, 2.45) is 5.92 Å². The molecule has 1 aliphatic rings. The van der Waals surface area contributed by atoms with Gasteiger partial charge < -0.3 is 9.64 Å². The van der Waals surface area contributed by atoms with E-state index in [1.807, 2.05) is 41.4 Å². The molecule has 0 radical (unpaired) electrons.